The summed E-state index contributed by atoms with van der Waals surface area (Å²) in [5.74, 6) is 3.83. The van der Waals surface area contributed by atoms with Crippen LogP contribution in [-0.4, -0.2) is 18.0 Å². The molecule has 82 valence electrons. The van der Waals surface area contributed by atoms with E-state index in [0.29, 0.717) is 0 Å². The first-order chi connectivity index (χ1) is 7.54. The lowest BCUT2D eigenvalue weighted by molar-refractivity contribution is -0.385. The molecule has 0 spiro atoms. The predicted molar refractivity (Wildman–Crippen MR) is 56.7 cm³/mol. The first-order valence-electron chi connectivity index (χ1n) is 4.39. The maximum atomic E-state index is 10.8. The highest BCUT2D eigenvalue weighted by atomic mass is 16.6. The molecule has 0 heterocycles. The fourth-order valence-electron chi connectivity index (χ4n) is 1.07. The first kappa shape index (κ1) is 11.7. The Morgan fingerprint density at radius 1 is 1.50 bits per heavy atom. The molecule has 0 saturated heterocycles. The zero-order valence-electron chi connectivity index (χ0n) is 8.81. The number of methoxy groups -OCH3 is 1. The van der Waals surface area contributed by atoms with Crippen LogP contribution in [0.15, 0.2) is 18.2 Å². The van der Waals surface area contributed by atoms with E-state index in [0.717, 1.165) is 5.56 Å². The number of nitrogens with zero attached hydrogens (tertiary/aromatic N) is 1. The minimum atomic E-state index is -0.727. The van der Waals surface area contributed by atoms with Gasteiger partial charge in [0.2, 0.25) is 0 Å². The van der Waals surface area contributed by atoms with Gasteiger partial charge in [-0.25, -0.2) is 4.79 Å². The summed E-state index contributed by atoms with van der Waals surface area (Å²) in [6.45, 7) is 1.74. The van der Waals surface area contributed by atoms with Gasteiger partial charge in [0.25, 0.3) is 5.69 Å². The van der Waals surface area contributed by atoms with Crippen molar-refractivity contribution in [1.29, 1.82) is 0 Å². The molecule has 5 heteroatoms. The molecule has 0 amide bonds. The first-order valence-corrected chi connectivity index (χ1v) is 4.39. The Morgan fingerprint density at radius 2 is 2.19 bits per heavy atom. The van der Waals surface area contributed by atoms with Gasteiger partial charge < -0.3 is 4.74 Å². The Bertz CT molecular complexity index is 496. The van der Waals surface area contributed by atoms with Gasteiger partial charge in [0, 0.05) is 12.0 Å². The summed E-state index contributed by atoms with van der Waals surface area (Å²) in [7, 11) is 1.20. The van der Waals surface area contributed by atoms with Crippen LogP contribution in [-0.2, 0) is 9.53 Å². The number of hydrogen-bond donors (Lipinski definition) is 0. The Labute approximate surface area is 92.2 Å². The van der Waals surface area contributed by atoms with Crippen LogP contribution in [0.3, 0.4) is 0 Å². The SMILES string of the molecule is COC(=O)C#Cc1ccc(C)cc1[N+](=O)[O-]. The lowest BCUT2D eigenvalue weighted by Crippen LogP contribution is -1.96. The average molecular weight is 219 g/mol. The van der Waals surface area contributed by atoms with E-state index >= 15 is 0 Å². The van der Waals surface area contributed by atoms with Crippen LogP contribution >= 0.6 is 0 Å². The number of carbonyl (C=O) groups is 1. The minimum absolute atomic E-state index is 0.114. The molecule has 0 aliphatic carbocycles. The molecule has 0 aliphatic heterocycles. The third-order valence-corrected chi connectivity index (χ3v) is 1.83. The molecule has 1 rings (SSSR count). The quantitative estimate of drug-likeness (QED) is 0.310. The van der Waals surface area contributed by atoms with Crippen LogP contribution in [0.2, 0.25) is 0 Å². The fourth-order valence-corrected chi connectivity index (χ4v) is 1.07. The largest absolute Gasteiger partial charge is 0.459 e. The number of aryl methyl sites for hydroxylation is 1. The second-order valence-electron chi connectivity index (χ2n) is 3.02. The summed E-state index contributed by atoms with van der Waals surface area (Å²) < 4.78 is 4.31. The van der Waals surface area contributed by atoms with Crippen LogP contribution in [0.4, 0.5) is 5.69 Å². The van der Waals surface area contributed by atoms with E-state index in [-0.39, 0.29) is 11.3 Å². The van der Waals surface area contributed by atoms with E-state index in [1.54, 1.807) is 13.0 Å². The normalized spacial score (nSPS) is 8.88. The standard InChI is InChI=1S/C11H9NO4/c1-8-3-4-9(5-6-11(13)16-2)10(7-8)12(14)15/h3-4,7H,1-2H3. The van der Waals surface area contributed by atoms with Crippen LogP contribution in [0.5, 0.6) is 0 Å². The summed E-state index contributed by atoms with van der Waals surface area (Å²) in [5, 5.41) is 10.7. The smallest absolute Gasteiger partial charge is 0.384 e. The number of hydrogen-bond acceptors (Lipinski definition) is 4. The van der Waals surface area contributed by atoms with Crippen molar-refractivity contribution in [2.75, 3.05) is 7.11 Å². The molecule has 0 aromatic heterocycles. The lowest BCUT2D eigenvalue weighted by atomic mass is 10.1. The Kier molecular flexibility index (Phi) is 3.62. The van der Waals surface area contributed by atoms with E-state index in [1.165, 1.54) is 19.2 Å². The number of nitro benzene ring substituents is 1. The lowest BCUT2D eigenvalue weighted by Gasteiger charge is -1.96. The number of nitro groups is 1. The number of esters is 1. The molecule has 0 radical (unpaired) electrons. The molecule has 0 N–H and O–H groups in total. The van der Waals surface area contributed by atoms with Crippen LogP contribution in [0.25, 0.3) is 0 Å². The maximum absolute atomic E-state index is 10.8. The molecular weight excluding hydrogens is 210 g/mol. The number of benzene rings is 1. The zero-order valence-corrected chi connectivity index (χ0v) is 8.81. The van der Waals surface area contributed by atoms with Gasteiger partial charge in [-0.2, -0.15) is 0 Å². The number of rotatable bonds is 1. The Hall–Kier alpha value is -2.35. The van der Waals surface area contributed by atoms with Gasteiger partial charge in [-0.1, -0.05) is 6.07 Å². The van der Waals surface area contributed by atoms with Gasteiger partial charge in [-0.3, -0.25) is 10.1 Å². The maximum Gasteiger partial charge on any atom is 0.384 e. The van der Waals surface area contributed by atoms with Crippen molar-refractivity contribution in [2.45, 2.75) is 6.92 Å². The Balaban J connectivity index is 3.17. The molecule has 0 saturated carbocycles. The Morgan fingerprint density at radius 3 is 2.75 bits per heavy atom. The van der Waals surface area contributed by atoms with Crippen LogP contribution in [0, 0.1) is 28.9 Å². The van der Waals surface area contributed by atoms with Crippen molar-refractivity contribution in [2.24, 2.45) is 0 Å². The van der Waals surface area contributed by atoms with Gasteiger partial charge in [-0.05, 0) is 24.5 Å². The summed E-state index contributed by atoms with van der Waals surface area (Å²) in [6.07, 6.45) is 0. The van der Waals surface area contributed by atoms with Crippen LogP contribution < -0.4 is 0 Å². The molecule has 0 atom stereocenters. The average Bonchev–Trinajstić information content (AvgIpc) is 2.26. The molecule has 0 bridgehead atoms. The van der Waals surface area contributed by atoms with E-state index < -0.39 is 10.9 Å². The van der Waals surface area contributed by atoms with Crippen molar-refractivity contribution < 1.29 is 14.5 Å². The van der Waals surface area contributed by atoms with Crippen molar-refractivity contribution in [3.05, 3.63) is 39.4 Å². The molecular formula is C11H9NO4. The summed E-state index contributed by atoms with van der Waals surface area (Å²) in [5.41, 5.74) is 0.840. The summed E-state index contributed by atoms with van der Waals surface area (Å²) in [4.78, 5) is 20.9. The zero-order chi connectivity index (χ0) is 12.1. The summed E-state index contributed by atoms with van der Waals surface area (Å²) >= 11 is 0. The van der Waals surface area contributed by atoms with Crippen LogP contribution in [0.1, 0.15) is 11.1 Å². The van der Waals surface area contributed by atoms with Gasteiger partial charge in [0.05, 0.1) is 12.0 Å². The van der Waals surface area contributed by atoms with E-state index in [2.05, 4.69) is 16.6 Å². The minimum Gasteiger partial charge on any atom is -0.459 e. The van der Waals surface area contributed by atoms with E-state index in [1.807, 2.05) is 0 Å². The topological polar surface area (TPSA) is 69.4 Å². The van der Waals surface area contributed by atoms with Crippen molar-refractivity contribution in [3.8, 4) is 11.8 Å². The third kappa shape index (κ3) is 2.82. The van der Waals surface area contributed by atoms with Gasteiger partial charge >= 0.3 is 5.97 Å². The van der Waals surface area contributed by atoms with Gasteiger partial charge in [-0.15, -0.1) is 0 Å². The van der Waals surface area contributed by atoms with E-state index in [9.17, 15) is 14.9 Å². The van der Waals surface area contributed by atoms with Gasteiger partial charge in [0.15, 0.2) is 0 Å². The monoisotopic (exact) mass is 219 g/mol. The molecule has 0 aliphatic rings. The fraction of sp³-hybridized carbons (Fsp3) is 0.182. The number of ether oxygens (including phenoxy) is 1. The van der Waals surface area contributed by atoms with E-state index in [4.69, 9.17) is 0 Å². The second kappa shape index (κ2) is 4.94. The van der Waals surface area contributed by atoms with Crippen molar-refractivity contribution in [3.63, 3.8) is 0 Å². The van der Waals surface area contributed by atoms with Gasteiger partial charge in [0.1, 0.15) is 5.56 Å². The highest BCUT2D eigenvalue weighted by Crippen LogP contribution is 2.18. The molecule has 1 aromatic rings. The third-order valence-electron chi connectivity index (χ3n) is 1.83. The molecule has 0 unspecified atom stereocenters. The highest BCUT2D eigenvalue weighted by Gasteiger charge is 2.11. The highest BCUT2D eigenvalue weighted by molar-refractivity contribution is 5.89. The molecule has 1 aromatic carbocycles. The summed E-state index contributed by atoms with van der Waals surface area (Å²) in [6, 6.07) is 4.60. The number of carbonyl (C=O) groups excluding carboxylic acids is 1. The predicted octanol–water partition coefficient (Wildman–Crippen LogP) is 1.43. The molecule has 0 fully saturated rings. The molecule has 5 nitrogen and oxygen atoms in total. The second-order valence-corrected chi connectivity index (χ2v) is 3.02. The van der Waals surface area contributed by atoms with Crippen molar-refractivity contribution >= 4 is 11.7 Å². The molecule has 16 heavy (non-hydrogen) atoms. The van der Waals surface area contributed by atoms with Crippen molar-refractivity contribution in [1.82, 2.24) is 0 Å².